The fourth-order valence-corrected chi connectivity index (χ4v) is 4.49. The molecule has 1 saturated heterocycles. The van der Waals surface area contributed by atoms with Crippen molar-refractivity contribution in [3.63, 3.8) is 0 Å². The van der Waals surface area contributed by atoms with E-state index >= 15 is 0 Å². The number of rotatable bonds is 8. The van der Waals surface area contributed by atoms with Crippen LogP contribution in [-0.2, 0) is 11.3 Å². The first kappa shape index (κ1) is 19.9. The molecule has 1 aliphatic rings. The van der Waals surface area contributed by atoms with Crippen molar-refractivity contribution in [2.45, 2.75) is 18.6 Å². The number of ether oxygens (including phenoxy) is 1. The first-order valence-electron chi connectivity index (χ1n) is 10.1. The number of aromatic nitrogens is 3. The second-order valence-corrected chi connectivity index (χ2v) is 8.32. The van der Waals surface area contributed by atoms with Crippen molar-refractivity contribution in [3.8, 4) is 5.69 Å². The van der Waals surface area contributed by atoms with Crippen LogP contribution in [0.5, 0.6) is 0 Å². The highest BCUT2D eigenvalue weighted by atomic mass is 32.2. The first-order valence-corrected chi connectivity index (χ1v) is 11.1. The van der Waals surface area contributed by atoms with E-state index in [0.29, 0.717) is 6.54 Å². The van der Waals surface area contributed by atoms with Crippen LogP contribution in [0.4, 0.5) is 5.69 Å². The Morgan fingerprint density at radius 3 is 2.69 bits per heavy atom. The Bertz CT molecular complexity index is 909. The molecule has 3 aromatic rings. The molecule has 7 heteroatoms. The van der Waals surface area contributed by atoms with Crippen molar-refractivity contribution < 1.29 is 9.64 Å². The van der Waals surface area contributed by atoms with Gasteiger partial charge in [-0.1, -0.05) is 42.1 Å². The number of hydrogen-bond donors (Lipinski definition) is 2. The Labute approximate surface area is 176 Å². The average molecular weight is 411 g/mol. The molecular formula is C22H28N5OS+. The summed E-state index contributed by atoms with van der Waals surface area (Å²) in [5, 5.41) is 13.4. The minimum Gasteiger partial charge on any atom is -0.378 e. The molecule has 152 valence electrons. The number of anilines is 1. The topological polar surface area (TPSA) is 56.4 Å². The van der Waals surface area contributed by atoms with E-state index in [1.807, 2.05) is 6.07 Å². The maximum Gasteiger partial charge on any atom is 0.196 e. The predicted molar refractivity (Wildman–Crippen MR) is 117 cm³/mol. The molecule has 0 spiro atoms. The lowest BCUT2D eigenvalue weighted by atomic mass is 10.2. The summed E-state index contributed by atoms with van der Waals surface area (Å²) in [6.07, 6.45) is 0. The van der Waals surface area contributed by atoms with Crippen molar-refractivity contribution in [1.82, 2.24) is 14.8 Å². The summed E-state index contributed by atoms with van der Waals surface area (Å²) in [5.74, 6) is 1.94. The molecule has 0 radical (unpaired) electrons. The van der Waals surface area contributed by atoms with Crippen LogP contribution in [0.3, 0.4) is 0 Å². The van der Waals surface area contributed by atoms with Gasteiger partial charge in [-0.25, -0.2) is 0 Å². The maximum atomic E-state index is 5.45. The minimum absolute atomic E-state index is 0.626. The molecule has 0 unspecified atom stereocenters. The fraction of sp³-hybridized carbons (Fsp3) is 0.364. The van der Waals surface area contributed by atoms with Crippen LogP contribution in [0.1, 0.15) is 11.4 Å². The normalized spacial score (nSPS) is 14.8. The van der Waals surface area contributed by atoms with E-state index < -0.39 is 0 Å². The SMILES string of the molecule is Cc1cccc(NCc2nnc(SCC[NH+]3CCOCC3)n2-c2ccccc2)c1. The zero-order valence-corrected chi connectivity index (χ0v) is 17.6. The van der Waals surface area contributed by atoms with Crippen molar-refractivity contribution >= 4 is 17.4 Å². The molecular weight excluding hydrogens is 382 g/mol. The van der Waals surface area contributed by atoms with E-state index in [1.165, 1.54) is 5.56 Å². The molecule has 0 aliphatic carbocycles. The molecule has 0 saturated carbocycles. The number of thioether (sulfide) groups is 1. The number of aryl methyl sites for hydroxylation is 1. The molecule has 0 amide bonds. The number of morpholine rings is 1. The van der Waals surface area contributed by atoms with Gasteiger partial charge in [0, 0.05) is 11.4 Å². The van der Waals surface area contributed by atoms with Gasteiger partial charge in [-0.05, 0) is 36.8 Å². The van der Waals surface area contributed by atoms with Crippen molar-refractivity contribution in [2.75, 3.05) is 43.9 Å². The number of para-hydroxylation sites is 1. The zero-order chi connectivity index (χ0) is 19.9. The van der Waals surface area contributed by atoms with Crippen LogP contribution < -0.4 is 10.2 Å². The Hall–Kier alpha value is -2.35. The zero-order valence-electron chi connectivity index (χ0n) is 16.8. The second-order valence-electron chi connectivity index (χ2n) is 7.25. The smallest absolute Gasteiger partial charge is 0.196 e. The van der Waals surface area contributed by atoms with E-state index in [9.17, 15) is 0 Å². The van der Waals surface area contributed by atoms with Crippen LogP contribution in [-0.4, -0.2) is 53.4 Å². The summed E-state index contributed by atoms with van der Waals surface area (Å²) in [7, 11) is 0. The van der Waals surface area contributed by atoms with Crippen molar-refractivity contribution in [3.05, 3.63) is 66.0 Å². The molecule has 0 bridgehead atoms. The Kier molecular flexibility index (Phi) is 6.82. The lowest BCUT2D eigenvalue weighted by Crippen LogP contribution is -3.14. The molecule has 29 heavy (non-hydrogen) atoms. The van der Waals surface area contributed by atoms with Gasteiger partial charge in [-0.2, -0.15) is 0 Å². The van der Waals surface area contributed by atoms with Crippen LogP contribution in [0, 0.1) is 6.92 Å². The van der Waals surface area contributed by atoms with Gasteiger partial charge in [-0.3, -0.25) is 4.57 Å². The van der Waals surface area contributed by atoms with Crippen LogP contribution in [0.15, 0.2) is 59.8 Å². The lowest BCUT2D eigenvalue weighted by molar-refractivity contribution is -0.905. The third kappa shape index (κ3) is 5.38. The van der Waals surface area contributed by atoms with Crippen molar-refractivity contribution in [1.29, 1.82) is 0 Å². The third-order valence-electron chi connectivity index (χ3n) is 5.07. The molecule has 2 aromatic carbocycles. The molecule has 2 N–H and O–H groups in total. The van der Waals surface area contributed by atoms with Gasteiger partial charge in [0.2, 0.25) is 0 Å². The van der Waals surface area contributed by atoms with Gasteiger partial charge < -0.3 is 15.0 Å². The average Bonchev–Trinajstić information content (AvgIpc) is 3.16. The Balaban J connectivity index is 1.47. The van der Waals surface area contributed by atoms with E-state index in [-0.39, 0.29) is 0 Å². The van der Waals surface area contributed by atoms with Gasteiger partial charge in [-0.15, -0.1) is 10.2 Å². The number of benzene rings is 2. The summed E-state index contributed by atoms with van der Waals surface area (Å²) in [4.78, 5) is 1.61. The quantitative estimate of drug-likeness (QED) is 0.558. The summed E-state index contributed by atoms with van der Waals surface area (Å²) in [6, 6.07) is 18.7. The third-order valence-corrected chi connectivity index (χ3v) is 6.00. The molecule has 1 aromatic heterocycles. The lowest BCUT2D eigenvalue weighted by Gasteiger charge is -2.23. The molecule has 1 fully saturated rings. The number of hydrogen-bond acceptors (Lipinski definition) is 5. The largest absolute Gasteiger partial charge is 0.378 e. The van der Waals surface area contributed by atoms with Gasteiger partial charge in [0.05, 0.1) is 32.1 Å². The predicted octanol–water partition coefficient (Wildman–Crippen LogP) is 2.20. The molecule has 0 atom stereocenters. The summed E-state index contributed by atoms with van der Waals surface area (Å²) in [5.41, 5.74) is 3.43. The highest BCUT2D eigenvalue weighted by molar-refractivity contribution is 7.99. The molecule has 6 nitrogen and oxygen atoms in total. The summed E-state index contributed by atoms with van der Waals surface area (Å²) in [6.45, 7) is 7.77. The van der Waals surface area contributed by atoms with Gasteiger partial charge >= 0.3 is 0 Å². The molecule has 2 heterocycles. The van der Waals surface area contributed by atoms with Crippen LogP contribution in [0.25, 0.3) is 5.69 Å². The van der Waals surface area contributed by atoms with Gasteiger partial charge in [0.15, 0.2) is 11.0 Å². The van der Waals surface area contributed by atoms with Crippen LogP contribution >= 0.6 is 11.8 Å². The number of quaternary nitrogens is 1. The van der Waals surface area contributed by atoms with E-state index in [2.05, 4.69) is 75.5 Å². The fourth-order valence-electron chi connectivity index (χ4n) is 3.48. The maximum absolute atomic E-state index is 5.45. The highest BCUT2D eigenvalue weighted by Gasteiger charge is 2.17. The van der Waals surface area contributed by atoms with E-state index in [0.717, 1.165) is 61.0 Å². The summed E-state index contributed by atoms with van der Waals surface area (Å²) < 4.78 is 7.62. The minimum atomic E-state index is 0.626. The Morgan fingerprint density at radius 2 is 1.90 bits per heavy atom. The van der Waals surface area contributed by atoms with Gasteiger partial charge in [0.25, 0.3) is 0 Å². The Morgan fingerprint density at radius 1 is 1.07 bits per heavy atom. The van der Waals surface area contributed by atoms with Crippen molar-refractivity contribution in [2.24, 2.45) is 0 Å². The monoisotopic (exact) mass is 410 g/mol. The van der Waals surface area contributed by atoms with Crippen LogP contribution in [0.2, 0.25) is 0 Å². The second kappa shape index (κ2) is 9.91. The van der Waals surface area contributed by atoms with E-state index in [4.69, 9.17) is 4.74 Å². The first-order chi connectivity index (χ1) is 14.3. The van der Waals surface area contributed by atoms with Gasteiger partial charge in [0.1, 0.15) is 13.1 Å². The number of nitrogens with zero attached hydrogens (tertiary/aromatic N) is 3. The molecule has 1 aliphatic heterocycles. The highest BCUT2D eigenvalue weighted by Crippen LogP contribution is 2.22. The van der Waals surface area contributed by atoms with E-state index in [1.54, 1.807) is 16.7 Å². The number of nitrogens with one attached hydrogen (secondary N) is 2. The summed E-state index contributed by atoms with van der Waals surface area (Å²) >= 11 is 1.78. The molecule has 4 rings (SSSR count). The standard InChI is InChI=1S/C22H27N5OS/c1-18-6-5-7-19(16-18)23-17-21-24-25-22(27(21)20-8-3-2-4-9-20)29-15-12-26-10-13-28-14-11-26/h2-9,16,23H,10-15,17H2,1H3/p+1.